The van der Waals surface area contributed by atoms with E-state index in [0.717, 1.165) is 12.1 Å². The van der Waals surface area contributed by atoms with Gasteiger partial charge in [-0.25, -0.2) is 13.6 Å². The van der Waals surface area contributed by atoms with Crippen LogP contribution < -0.4 is 5.32 Å². The first-order chi connectivity index (χ1) is 8.99. The van der Waals surface area contributed by atoms with Gasteiger partial charge in [0.05, 0.1) is 19.3 Å². The molecule has 1 aliphatic heterocycles. The lowest BCUT2D eigenvalue weighted by Gasteiger charge is -2.33. The lowest BCUT2D eigenvalue weighted by atomic mass is 10.2. The maximum atomic E-state index is 13.6. The first-order valence-corrected chi connectivity index (χ1v) is 6.58. The molecule has 1 heterocycles. The van der Waals surface area contributed by atoms with E-state index in [9.17, 15) is 13.6 Å². The second-order valence-corrected chi connectivity index (χ2v) is 5.21. The smallest absolute Gasteiger partial charge is 0.322 e. The van der Waals surface area contributed by atoms with Crippen LogP contribution in [0.4, 0.5) is 19.3 Å². The predicted molar refractivity (Wildman–Crippen MR) is 70.1 cm³/mol. The van der Waals surface area contributed by atoms with Crippen LogP contribution in [0.5, 0.6) is 0 Å². The van der Waals surface area contributed by atoms with Gasteiger partial charge in [0.25, 0.3) is 0 Å². The van der Waals surface area contributed by atoms with E-state index >= 15 is 0 Å². The molecule has 0 saturated carbocycles. The number of hydrogen-bond donors (Lipinski definition) is 1. The minimum atomic E-state index is -0.818. The average Bonchev–Trinajstić information content (AvgIpc) is 2.34. The highest BCUT2D eigenvalue weighted by atomic mass is 79.9. The number of nitrogens with zero attached hydrogens (tertiary/aromatic N) is 1. The van der Waals surface area contributed by atoms with E-state index < -0.39 is 23.4 Å². The fourth-order valence-corrected chi connectivity index (χ4v) is 2.27. The van der Waals surface area contributed by atoms with Gasteiger partial charge in [0, 0.05) is 11.0 Å². The number of urea groups is 1. The summed E-state index contributed by atoms with van der Waals surface area (Å²) in [5, 5.41) is 2.27. The maximum absolute atomic E-state index is 13.6. The van der Waals surface area contributed by atoms with Gasteiger partial charge in [0.15, 0.2) is 11.6 Å². The standard InChI is InChI=1S/C12H13BrF2N2O2/c1-7-6-19-3-2-17(7)12(18)16-11-9(14)4-8(13)5-10(11)15/h4-5,7H,2-3,6H2,1H3,(H,16,18)/t7-/m0/s1. The molecule has 104 valence electrons. The third kappa shape index (κ3) is 3.22. The van der Waals surface area contributed by atoms with Gasteiger partial charge in [-0.05, 0) is 19.1 Å². The van der Waals surface area contributed by atoms with Crippen molar-refractivity contribution < 1.29 is 18.3 Å². The zero-order valence-electron chi connectivity index (χ0n) is 10.3. The lowest BCUT2D eigenvalue weighted by molar-refractivity contribution is 0.0221. The molecule has 0 aliphatic carbocycles. The summed E-state index contributed by atoms with van der Waals surface area (Å²) >= 11 is 2.98. The molecule has 7 heteroatoms. The quantitative estimate of drug-likeness (QED) is 0.857. The number of hydrogen-bond acceptors (Lipinski definition) is 2. The van der Waals surface area contributed by atoms with Crippen molar-refractivity contribution in [3.05, 3.63) is 28.2 Å². The zero-order valence-corrected chi connectivity index (χ0v) is 11.8. The fourth-order valence-electron chi connectivity index (χ4n) is 1.87. The molecule has 0 bridgehead atoms. The van der Waals surface area contributed by atoms with Crippen molar-refractivity contribution in [2.75, 3.05) is 25.1 Å². The normalized spacial score (nSPS) is 19.4. The third-order valence-corrected chi connectivity index (χ3v) is 3.33. The Kier molecular flexibility index (Phi) is 4.36. The van der Waals surface area contributed by atoms with Gasteiger partial charge in [-0.15, -0.1) is 0 Å². The highest BCUT2D eigenvalue weighted by Crippen LogP contribution is 2.24. The highest BCUT2D eigenvalue weighted by Gasteiger charge is 2.25. The molecule has 0 unspecified atom stereocenters. The van der Waals surface area contributed by atoms with Gasteiger partial charge in [-0.2, -0.15) is 0 Å². The van der Waals surface area contributed by atoms with Gasteiger partial charge in [0.2, 0.25) is 0 Å². The van der Waals surface area contributed by atoms with Crippen LogP contribution in [0.2, 0.25) is 0 Å². The Bertz CT molecular complexity index is 476. The number of carbonyl (C=O) groups is 1. The van der Waals surface area contributed by atoms with Crippen molar-refractivity contribution in [2.24, 2.45) is 0 Å². The number of benzene rings is 1. The molecule has 1 atom stereocenters. The first-order valence-electron chi connectivity index (χ1n) is 5.79. The minimum absolute atomic E-state index is 0.129. The molecule has 1 fully saturated rings. The number of rotatable bonds is 1. The highest BCUT2D eigenvalue weighted by molar-refractivity contribution is 9.10. The number of anilines is 1. The second kappa shape index (κ2) is 5.83. The summed E-state index contributed by atoms with van der Waals surface area (Å²) in [4.78, 5) is 13.5. The number of amides is 2. The van der Waals surface area contributed by atoms with Crippen LogP contribution in [0.15, 0.2) is 16.6 Å². The molecule has 2 amide bonds. The second-order valence-electron chi connectivity index (χ2n) is 4.29. The van der Waals surface area contributed by atoms with E-state index in [0.29, 0.717) is 19.8 Å². The molecule has 0 aromatic heterocycles. The Morgan fingerprint density at radius 3 is 2.68 bits per heavy atom. The van der Waals surface area contributed by atoms with E-state index in [-0.39, 0.29) is 10.5 Å². The molecule has 19 heavy (non-hydrogen) atoms. The Hall–Kier alpha value is -1.21. The molecule has 0 spiro atoms. The van der Waals surface area contributed by atoms with Crippen molar-refractivity contribution in [1.29, 1.82) is 0 Å². The predicted octanol–water partition coefficient (Wildman–Crippen LogP) is 2.98. The third-order valence-electron chi connectivity index (χ3n) is 2.87. The van der Waals surface area contributed by atoms with Crippen molar-refractivity contribution in [2.45, 2.75) is 13.0 Å². The number of carbonyl (C=O) groups excluding carboxylic acids is 1. The molecule has 1 aliphatic rings. The maximum Gasteiger partial charge on any atom is 0.322 e. The molecule has 1 aromatic rings. The van der Waals surface area contributed by atoms with Crippen LogP contribution in [0.3, 0.4) is 0 Å². The van der Waals surface area contributed by atoms with Crippen LogP contribution in [0, 0.1) is 11.6 Å². The molecular formula is C12H13BrF2N2O2. The van der Waals surface area contributed by atoms with Crippen molar-refractivity contribution in [3.8, 4) is 0 Å². The van der Waals surface area contributed by atoms with Crippen molar-refractivity contribution in [1.82, 2.24) is 4.90 Å². The summed E-state index contributed by atoms with van der Waals surface area (Å²) in [5.74, 6) is -1.64. The Morgan fingerprint density at radius 1 is 1.47 bits per heavy atom. The average molecular weight is 335 g/mol. The van der Waals surface area contributed by atoms with Crippen LogP contribution in [-0.4, -0.2) is 36.7 Å². The summed E-state index contributed by atoms with van der Waals surface area (Å²) in [5.41, 5.74) is -0.438. The molecule has 1 saturated heterocycles. The van der Waals surface area contributed by atoms with Crippen LogP contribution in [0.25, 0.3) is 0 Å². The van der Waals surface area contributed by atoms with Gasteiger partial charge >= 0.3 is 6.03 Å². The van der Waals surface area contributed by atoms with E-state index in [1.807, 2.05) is 6.92 Å². The van der Waals surface area contributed by atoms with E-state index in [4.69, 9.17) is 4.74 Å². The number of ether oxygens (including phenoxy) is 1. The summed E-state index contributed by atoms with van der Waals surface area (Å²) in [7, 11) is 0. The number of nitrogens with one attached hydrogen (secondary N) is 1. The summed E-state index contributed by atoms with van der Waals surface area (Å²) < 4.78 is 32.7. The molecule has 2 rings (SSSR count). The van der Waals surface area contributed by atoms with Crippen LogP contribution in [0.1, 0.15) is 6.92 Å². The Balaban J connectivity index is 2.14. The van der Waals surface area contributed by atoms with E-state index in [1.54, 1.807) is 0 Å². The largest absolute Gasteiger partial charge is 0.377 e. The summed E-state index contributed by atoms with van der Waals surface area (Å²) in [6.45, 7) is 3.04. The number of halogens is 3. The Morgan fingerprint density at radius 2 is 2.11 bits per heavy atom. The fraction of sp³-hybridized carbons (Fsp3) is 0.417. The summed E-state index contributed by atoms with van der Waals surface area (Å²) in [6, 6.07) is 1.54. The van der Waals surface area contributed by atoms with Gasteiger partial charge < -0.3 is 15.0 Å². The van der Waals surface area contributed by atoms with Gasteiger partial charge in [0.1, 0.15) is 5.69 Å². The van der Waals surface area contributed by atoms with Crippen LogP contribution >= 0.6 is 15.9 Å². The molecule has 4 nitrogen and oxygen atoms in total. The molecule has 0 radical (unpaired) electrons. The summed E-state index contributed by atoms with van der Waals surface area (Å²) in [6.07, 6.45) is 0. The minimum Gasteiger partial charge on any atom is -0.377 e. The lowest BCUT2D eigenvalue weighted by Crippen LogP contribution is -2.49. The van der Waals surface area contributed by atoms with Gasteiger partial charge in [-0.1, -0.05) is 15.9 Å². The van der Waals surface area contributed by atoms with Crippen molar-refractivity contribution >= 4 is 27.6 Å². The Labute approximate surface area is 117 Å². The van der Waals surface area contributed by atoms with Crippen LogP contribution in [-0.2, 0) is 4.74 Å². The topological polar surface area (TPSA) is 41.6 Å². The monoisotopic (exact) mass is 334 g/mol. The van der Waals surface area contributed by atoms with E-state index in [2.05, 4.69) is 21.2 Å². The SMILES string of the molecule is C[C@H]1COCCN1C(=O)Nc1c(F)cc(Br)cc1F. The molecule has 1 aromatic carbocycles. The first kappa shape index (κ1) is 14.2. The molecular weight excluding hydrogens is 322 g/mol. The molecule has 1 N–H and O–H groups in total. The van der Waals surface area contributed by atoms with E-state index in [1.165, 1.54) is 4.90 Å². The zero-order chi connectivity index (χ0) is 14.0. The van der Waals surface area contributed by atoms with Crippen molar-refractivity contribution in [3.63, 3.8) is 0 Å². The number of morpholine rings is 1. The van der Waals surface area contributed by atoms with Gasteiger partial charge in [-0.3, -0.25) is 0 Å².